The van der Waals surface area contributed by atoms with E-state index in [1.807, 2.05) is 24.2 Å². The Morgan fingerprint density at radius 2 is 2.20 bits per heavy atom. The Bertz CT molecular complexity index is 888. The minimum atomic E-state index is -0.174. The van der Waals surface area contributed by atoms with Crippen molar-refractivity contribution in [2.75, 3.05) is 13.1 Å². The van der Waals surface area contributed by atoms with Gasteiger partial charge in [0, 0.05) is 22.7 Å². The molecule has 25 heavy (non-hydrogen) atoms. The van der Waals surface area contributed by atoms with Crippen LogP contribution in [0, 0.1) is 0 Å². The highest BCUT2D eigenvalue weighted by molar-refractivity contribution is 5.98. The van der Waals surface area contributed by atoms with Crippen LogP contribution in [0.1, 0.15) is 24.2 Å². The number of carbonyl (C=O) groups excluding carboxylic acids is 1. The highest BCUT2D eigenvalue weighted by atomic mass is 16.3. The van der Waals surface area contributed by atoms with Gasteiger partial charge in [-0.15, -0.1) is 0 Å². The number of carbonyl (C=O) groups is 1. The van der Waals surface area contributed by atoms with Crippen molar-refractivity contribution in [1.82, 2.24) is 15.8 Å². The summed E-state index contributed by atoms with van der Waals surface area (Å²) in [6, 6.07) is 7.14. The van der Waals surface area contributed by atoms with Crippen LogP contribution in [0.2, 0.25) is 0 Å². The molecule has 0 bridgehead atoms. The van der Waals surface area contributed by atoms with Crippen molar-refractivity contribution in [3.63, 3.8) is 0 Å². The molecule has 1 aromatic carbocycles. The summed E-state index contributed by atoms with van der Waals surface area (Å²) < 4.78 is 5.28. The lowest BCUT2D eigenvalue weighted by Crippen LogP contribution is -2.32. The number of furan rings is 1. The molecule has 3 rings (SSSR count). The molecule has 0 atom stereocenters. The minimum Gasteiger partial charge on any atom is -0.512 e. The van der Waals surface area contributed by atoms with Crippen molar-refractivity contribution in [3.8, 4) is 0 Å². The Morgan fingerprint density at radius 1 is 1.40 bits per heavy atom. The van der Waals surface area contributed by atoms with Crippen LogP contribution in [0.15, 0.2) is 70.3 Å². The summed E-state index contributed by atoms with van der Waals surface area (Å²) in [6.45, 7) is 8.34. The third-order valence-electron chi connectivity index (χ3n) is 4.05. The van der Waals surface area contributed by atoms with Gasteiger partial charge in [-0.1, -0.05) is 6.58 Å². The number of hydrogen-bond donors (Lipinski definition) is 3. The molecule has 2 aromatic rings. The van der Waals surface area contributed by atoms with Crippen molar-refractivity contribution >= 4 is 16.9 Å². The Balaban J connectivity index is 1.67. The van der Waals surface area contributed by atoms with Gasteiger partial charge in [0.15, 0.2) is 0 Å². The highest BCUT2D eigenvalue weighted by Gasteiger charge is 2.17. The fourth-order valence-electron chi connectivity index (χ4n) is 2.70. The smallest absolute Gasteiger partial charge is 0.255 e. The van der Waals surface area contributed by atoms with Crippen molar-refractivity contribution in [3.05, 3.63) is 71.5 Å². The second-order valence-corrected chi connectivity index (χ2v) is 6.09. The standard InChI is InChI=1S/C19H21N3O3/c1-12(2)17(13(3)23)11-22-10-16(9-20-22)21-19(24)15-4-5-18-14(8-15)6-7-25-18/h4-8,10,20,23H,1,9,11H2,2-3H3,(H,21,24)/b17-13-. The van der Waals surface area contributed by atoms with Crippen molar-refractivity contribution in [1.29, 1.82) is 0 Å². The van der Waals surface area contributed by atoms with Crippen LogP contribution >= 0.6 is 0 Å². The van der Waals surface area contributed by atoms with Gasteiger partial charge in [-0.25, -0.2) is 5.43 Å². The summed E-state index contributed by atoms with van der Waals surface area (Å²) >= 11 is 0. The first-order valence-electron chi connectivity index (χ1n) is 7.98. The van der Waals surface area contributed by atoms with E-state index in [1.54, 1.807) is 31.4 Å². The molecule has 2 heterocycles. The molecule has 0 fully saturated rings. The molecule has 0 aliphatic carbocycles. The summed E-state index contributed by atoms with van der Waals surface area (Å²) in [7, 11) is 0. The van der Waals surface area contributed by atoms with Crippen molar-refractivity contribution in [2.24, 2.45) is 0 Å². The zero-order chi connectivity index (χ0) is 18.0. The van der Waals surface area contributed by atoms with Crippen LogP contribution in [0.3, 0.4) is 0 Å². The fourth-order valence-corrected chi connectivity index (χ4v) is 2.70. The Labute approximate surface area is 146 Å². The topological polar surface area (TPSA) is 77.7 Å². The Hall–Kier alpha value is -2.99. The van der Waals surface area contributed by atoms with Gasteiger partial charge in [-0.2, -0.15) is 0 Å². The summed E-state index contributed by atoms with van der Waals surface area (Å²) in [4.78, 5) is 12.4. The predicted molar refractivity (Wildman–Crippen MR) is 96.6 cm³/mol. The van der Waals surface area contributed by atoms with E-state index in [1.165, 1.54) is 0 Å². The maximum atomic E-state index is 12.4. The summed E-state index contributed by atoms with van der Waals surface area (Å²) in [5.74, 6) is 0.0700. The zero-order valence-electron chi connectivity index (χ0n) is 14.3. The number of aliphatic hydroxyl groups excluding tert-OH is 1. The maximum Gasteiger partial charge on any atom is 0.255 e. The zero-order valence-corrected chi connectivity index (χ0v) is 14.3. The van der Waals surface area contributed by atoms with Crippen LogP contribution in [-0.2, 0) is 0 Å². The monoisotopic (exact) mass is 339 g/mol. The number of hydrazine groups is 1. The number of nitrogens with one attached hydrogen (secondary N) is 2. The molecule has 130 valence electrons. The quantitative estimate of drug-likeness (QED) is 0.576. The van der Waals surface area contributed by atoms with E-state index in [0.717, 1.165) is 27.8 Å². The largest absolute Gasteiger partial charge is 0.512 e. The van der Waals surface area contributed by atoms with Gasteiger partial charge in [0.2, 0.25) is 0 Å². The van der Waals surface area contributed by atoms with E-state index < -0.39 is 0 Å². The van der Waals surface area contributed by atoms with Crippen LogP contribution in [0.4, 0.5) is 0 Å². The lowest BCUT2D eigenvalue weighted by molar-refractivity contribution is 0.0965. The molecule has 1 aliphatic rings. The molecule has 0 unspecified atom stereocenters. The Kier molecular flexibility index (Phi) is 4.63. The predicted octanol–water partition coefficient (Wildman–Crippen LogP) is 3.23. The summed E-state index contributed by atoms with van der Waals surface area (Å²) in [6.07, 6.45) is 3.42. The number of benzene rings is 1. The van der Waals surface area contributed by atoms with Crippen LogP contribution < -0.4 is 10.7 Å². The first kappa shape index (κ1) is 16.9. The normalized spacial score (nSPS) is 15.1. The molecule has 1 aromatic heterocycles. The number of aliphatic hydroxyl groups is 1. The molecule has 6 heteroatoms. The van der Waals surface area contributed by atoms with Crippen LogP contribution in [0.25, 0.3) is 11.0 Å². The molecule has 0 saturated carbocycles. The average Bonchev–Trinajstić information content (AvgIpc) is 3.19. The van der Waals surface area contributed by atoms with E-state index in [9.17, 15) is 9.90 Å². The van der Waals surface area contributed by atoms with Gasteiger partial charge in [0.05, 0.1) is 30.8 Å². The van der Waals surface area contributed by atoms with Gasteiger partial charge >= 0.3 is 0 Å². The molecule has 0 spiro atoms. The SMILES string of the molecule is C=C(C)/C(CN1C=C(NC(=O)c2ccc3occc3c2)CN1)=C(/C)O. The first-order valence-corrected chi connectivity index (χ1v) is 7.98. The average molecular weight is 339 g/mol. The molecule has 1 aliphatic heterocycles. The lowest BCUT2D eigenvalue weighted by atomic mass is 10.1. The summed E-state index contributed by atoms with van der Waals surface area (Å²) in [5.41, 5.74) is 6.81. The van der Waals surface area contributed by atoms with Crippen LogP contribution in [-0.4, -0.2) is 29.1 Å². The molecule has 3 N–H and O–H groups in total. The number of fused-ring (bicyclic) bond motifs is 1. The van der Waals surface area contributed by atoms with E-state index in [0.29, 0.717) is 18.7 Å². The van der Waals surface area contributed by atoms with Crippen LogP contribution in [0.5, 0.6) is 0 Å². The van der Waals surface area contributed by atoms with Gasteiger partial charge in [-0.05, 0) is 43.7 Å². The molecular weight excluding hydrogens is 318 g/mol. The maximum absolute atomic E-state index is 12.4. The number of rotatable bonds is 5. The minimum absolute atomic E-state index is 0.174. The van der Waals surface area contributed by atoms with E-state index in [-0.39, 0.29) is 11.7 Å². The number of amides is 1. The van der Waals surface area contributed by atoms with E-state index in [2.05, 4.69) is 17.3 Å². The third kappa shape index (κ3) is 3.75. The summed E-state index contributed by atoms with van der Waals surface area (Å²) in [5, 5.41) is 15.3. The van der Waals surface area contributed by atoms with E-state index >= 15 is 0 Å². The molecule has 0 radical (unpaired) electrons. The fraction of sp³-hybridized carbons (Fsp3) is 0.211. The molecule has 6 nitrogen and oxygen atoms in total. The van der Waals surface area contributed by atoms with Gasteiger partial charge in [0.25, 0.3) is 5.91 Å². The van der Waals surface area contributed by atoms with Gasteiger partial charge in [-0.3, -0.25) is 4.79 Å². The van der Waals surface area contributed by atoms with Crippen molar-refractivity contribution in [2.45, 2.75) is 13.8 Å². The third-order valence-corrected chi connectivity index (χ3v) is 4.05. The molecule has 1 amide bonds. The second kappa shape index (κ2) is 6.86. The lowest BCUT2D eigenvalue weighted by Gasteiger charge is -2.18. The second-order valence-electron chi connectivity index (χ2n) is 6.09. The van der Waals surface area contributed by atoms with E-state index in [4.69, 9.17) is 4.42 Å². The number of nitrogens with zero attached hydrogens (tertiary/aromatic N) is 1. The first-order chi connectivity index (χ1) is 11.9. The molecular formula is C19H21N3O3. The van der Waals surface area contributed by atoms with Crippen molar-refractivity contribution < 1.29 is 14.3 Å². The number of hydrogen-bond acceptors (Lipinski definition) is 5. The highest BCUT2D eigenvalue weighted by Crippen LogP contribution is 2.18. The van der Waals surface area contributed by atoms with Gasteiger partial charge in [0.1, 0.15) is 5.58 Å². The molecule has 0 saturated heterocycles. The Morgan fingerprint density at radius 3 is 2.92 bits per heavy atom. The van der Waals surface area contributed by atoms with Gasteiger partial charge < -0.3 is 19.8 Å². The number of allylic oxidation sites excluding steroid dienone is 1.